The Balaban J connectivity index is 0.000000142. The third kappa shape index (κ3) is 11.0. The molecule has 542 valence electrons. The van der Waals surface area contributed by atoms with Crippen molar-refractivity contribution in [1.29, 1.82) is 0 Å². The fourth-order valence-corrected chi connectivity index (χ4v) is 25.8. The second kappa shape index (κ2) is 28.0. The van der Waals surface area contributed by atoms with Gasteiger partial charge in [0.1, 0.15) is 11.5 Å². The zero-order valence-corrected chi connectivity index (χ0v) is 65.0. The highest BCUT2D eigenvalue weighted by Crippen LogP contribution is 2.63. The lowest BCUT2D eigenvalue weighted by Gasteiger charge is -2.35. The lowest BCUT2D eigenvalue weighted by atomic mass is 9.67. The maximum atomic E-state index is 6.94. The van der Waals surface area contributed by atoms with Gasteiger partial charge in [-0.2, -0.15) is 0 Å². The number of thiophene rings is 1. The van der Waals surface area contributed by atoms with Gasteiger partial charge in [-0.05, 0) is 191 Å². The Labute approximate surface area is 677 Å². The molecule has 4 aliphatic rings. The first-order chi connectivity index (χ1) is 57.0. The Morgan fingerprint density at radius 1 is 0.270 bits per heavy atom. The first kappa shape index (κ1) is 67.9. The van der Waals surface area contributed by atoms with E-state index in [9.17, 15) is 0 Å². The van der Waals surface area contributed by atoms with Crippen LogP contribution in [0, 0.1) is 0 Å². The Morgan fingerprint density at radius 3 is 1.62 bits per heavy atom. The van der Waals surface area contributed by atoms with Gasteiger partial charge in [0.25, 0.3) is 0 Å². The summed E-state index contributed by atoms with van der Waals surface area (Å²) in [6.07, 6.45) is 0. The number of rotatable bonds is 12. The van der Waals surface area contributed by atoms with Crippen LogP contribution in [0.15, 0.2) is 434 Å². The normalized spacial score (nSPS) is 14.9. The van der Waals surface area contributed by atoms with Crippen molar-refractivity contribution in [2.45, 2.75) is 15.2 Å². The molecule has 4 heterocycles. The predicted molar refractivity (Wildman–Crippen MR) is 481 cm³/mol. The molecule has 19 aromatic rings. The summed E-state index contributed by atoms with van der Waals surface area (Å²) < 4.78 is 22.7. The highest BCUT2D eigenvalue weighted by molar-refractivity contribution is 7.99. The zero-order valence-electron chi connectivity index (χ0n) is 62.4. The van der Waals surface area contributed by atoms with Crippen molar-refractivity contribution in [3.63, 3.8) is 0 Å². The monoisotopic (exact) mass is 1520 g/mol. The molecule has 0 amide bonds. The molecule has 0 saturated heterocycles. The van der Waals surface area contributed by atoms with Gasteiger partial charge >= 0.3 is 0 Å². The van der Waals surface area contributed by atoms with Crippen LogP contribution in [0.4, 0.5) is 34.1 Å². The number of fused-ring (bicyclic) bond motifs is 16. The number of hydrogen-bond donors (Lipinski definition) is 0. The molecule has 1 aliphatic carbocycles. The molecule has 3 aliphatic heterocycles. The maximum absolute atomic E-state index is 6.94. The van der Waals surface area contributed by atoms with Crippen LogP contribution < -0.4 is 44.8 Å². The number of nitrogens with zero attached hydrogens (tertiary/aromatic N) is 2. The van der Waals surface area contributed by atoms with E-state index < -0.39 is 13.5 Å². The fourth-order valence-electron chi connectivity index (χ4n) is 18.6. The Kier molecular flexibility index (Phi) is 16.5. The highest BCUT2D eigenvalue weighted by Gasteiger charge is 2.52. The van der Waals surface area contributed by atoms with Gasteiger partial charge in [-0.15, -0.1) is 11.3 Å². The van der Waals surface area contributed by atoms with Gasteiger partial charge in [-0.25, -0.2) is 0 Å². The van der Waals surface area contributed by atoms with E-state index in [1.54, 1.807) is 11.8 Å². The van der Waals surface area contributed by atoms with Crippen LogP contribution in [-0.2, 0) is 5.41 Å². The van der Waals surface area contributed by atoms with Gasteiger partial charge in [0, 0.05) is 59.4 Å². The van der Waals surface area contributed by atoms with E-state index in [2.05, 4.69) is 410 Å². The number of para-hydroxylation sites is 4. The quantitative estimate of drug-likeness (QED) is 0.113. The third-order valence-corrected chi connectivity index (χ3v) is 30.5. The third-order valence-electron chi connectivity index (χ3n) is 23.4. The average Bonchev–Trinajstić information content (AvgIpc) is 1.53. The molecule has 23 rings (SSSR count). The van der Waals surface area contributed by atoms with Crippen molar-refractivity contribution in [3.8, 4) is 79.0 Å². The molecule has 0 bridgehead atoms. The molecule has 115 heavy (non-hydrogen) atoms. The second-order valence-electron chi connectivity index (χ2n) is 29.6. The van der Waals surface area contributed by atoms with Crippen LogP contribution in [0.2, 0.25) is 0 Å². The van der Waals surface area contributed by atoms with Crippen LogP contribution in [0.25, 0.3) is 75.5 Å². The molecule has 0 saturated carbocycles. The fraction of sp³-hybridized carbons (Fsp3) is 0.00935. The maximum Gasteiger partial charge on any atom is 0.181 e. The summed E-state index contributed by atoms with van der Waals surface area (Å²) in [5.41, 5.74) is 20.3. The molecule has 5 nitrogen and oxygen atoms in total. The van der Waals surface area contributed by atoms with Crippen molar-refractivity contribution < 1.29 is 14.2 Å². The number of hydrogen-bond acceptors (Lipinski definition) is 7. The van der Waals surface area contributed by atoms with E-state index in [0.717, 1.165) is 89.5 Å². The minimum atomic E-state index is -2.93. The standard InChI is InChI=1S/C58H39NOSSi.C49H31NO2S/c1-4-17-40(18-5-1)41-33-35-43(36-34-41)59(51-29-16-27-48-47(26-15-28-49(48)51)42-19-6-2-7-20-42)44-21-14-24-46(39-44)62(45-22-8-3-9-23-45)55-32-13-10-25-50(55)57-56(62)38-37-54-58(57)60-52-30-11-12-31-53(52)61-54;1-3-15-32(16-4-1)49(38-23-9-7-21-36(38)46-39(49)29-30-43-48(46)52-42-26-11-10-25-41(42)51-43)33-17-13-20-35(31-33)50(34-18-5-2-6-19-34)40-24-14-28-45-47(40)37-22-8-12-27-44(37)53-45/h1-39H;1-31H. The van der Waals surface area contributed by atoms with Crippen molar-refractivity contribution in [2.24, 2.45) is 0 Å². The molecule has 18 aromatic carbocycles. The van der Waals surface area contributed by atoms with Crippen LogP contribution in [-0.4, -0.2) is 8.07 Å². The van der Waals surface area contributed by atoms with Crippen molar-refractivity contribution in [2.75, 3.05) is 9.80 Å². The predicted octanol–water partition coefficient (Wildman–Crippen LogP) is 27.0. The van der Waals surface area contributed by atoms with Crippen molar-refractivity contribution >= 4 is 117 Å². The largest absolute Gasteiger partial charge is 0.454 e. The minimum absolute atomic E-state index is 0.637. The molecule has 2 unspecified atom stereocenters. The Hall–Kier alpha value is -14.0. The van der Waals surface area contributed by atoms with Crippen LogP contribution in [0.3, 0.4) is 0 Å². The Bertz CT molecular complexity index is 7000. The molecule has 2 atom stereocenters. The summed E-state index contributed by atoms with van der Waals surface area (Å²) in [6, 6.07) is 154. The number of benzene rings is 18. The molecule has 0 N–H and O–H groups in total. The lowest BCUT2D eigenvalue weighted by Crippen LogP contribution is -2.72. The highest BCUT2D eigenvalue weighted by atomic mass is 32.2. The van der Waals surface area contributed by atoms with Crippen LogP contribution in [0.5, 0.6) is 34.5 Å². The summed E-state index contributed by atoms with van der Waals surface area (Å²) in [5, 5.41) is 10.4. The van der Waals surface area contributed by atoms with Gasteiger partial charge in [-0.3, -0.25) is 0 Å². The Morgan fingerprint density at radius 2 is 0.809 bits per heavy atom. The summed E-state index contributed by atoms with van der Waals surface area (Å²) in [7, 11) is -2.93. The topological polar surface area (TPSA) is 34.2 Å². The van der Waals surface area contributed by atoms with E-state index in [-0.39, 0.29) is 0 Å². The summed E-state index contributed by atoms with van der Waals surface area (Å²) in [4.78, 5) is 7.19. The van der Waals surface area contributed by atoms with Gasteiger partial charge < -0.3 is 24.0 Å². The summed E-state index contributed by atoms with van der Waals surface area (Å²) in [5.74, 6) is 4.80. The first-order valence-electron chi connectivity index (χ1n) is 39.1. The van der Waals surface area contributed by atoms with E-state index in [1.165, 1.54) is 107 Å². The molecular formula is C107H70N2O3S2Si. The van der Waals surface area contributed by atoms with Crippen molar-refractivity contribution in [1.82, 2.24) is 0 Å². The zero-order chi connectivity index (χ0) is 76.0. The van der Waals surface area contributed by atoms with E-state index in [1.807, 2.05) is 35.6 Å². The van der Waals surface area contributed by atoms with E-state index in [4.69, 9.17) is 14.2 Å². The minimum Gasteiger partial charge on any atom is -0.454 e. The molecule has 0 spiro atoms. The SMILES string of the molecule is c1ccc(-c2ccc(N(c3cccc([Si]4(c5ccccc5)c5ccccc5-c5c4ccc4c5Oc5ccccc5S4)c3)c3cccc4c(-c5ccccc5)cccc34)cc2)cc1.c1ccc(N(c2cccc(C3(c4ccccc4)c4ccccc4-c4c3ccc3c4Oc4ccccc4O3)c2)c2cccc3sc4ccccc4c23)cc1. The second-order valence-corrected chi connectivity index (χ2v) is 35.5. The first-order valence-corrected chi connectivity index (χ1v) is 42.7. The van der Waals surface area contributed by atoms with Crippen LogP contribution in [0.1, 0.15) is 22.3 Å². The molecule has 8 heteroatoms. The molecule has 0 radical (unpaired) electrons. The summed E-state index contributed by atoms with van der Waals surface area (Å²) in [6.45, 7) is 0. The van der Waals surface area contributed by atoms with Crippen molar-refractivity contribution in [3.05, 3.63) is 447 Å². The summed E-state index contributed by atoms with van der Waals surface area (Å²) >= 11 is 3.65. The number of ether oxygens (including phenoxy) is 3. The lowest BCUT2D eigenvalue weighted by molar-refractivity contribution is 0.360. The molecule has 1 aromatic heterocycles. The van der Waals surface area contributed by atoms with Gasteiger partial charge in [0.2, 0.25) is 0 Å². The van der Waals surface area contributed by atoms with Crippen LogP contribution >= 0.6 is 23.1 Å². The van der Waals surface area contributed by atoms with E-state index in [0.29, 0.717) is 0 Å². The average molecular weight is 1520 g/mol. The smallest absolute Gasteiger partial charge is 0.181 e. The molecular weight excluding hydrogens is 1450 g/mol. The van der Waals surface area contributed by atoms with Gasteiger partial charge in [0.15, 0.2) is 31.1 Å². The van der Waals surface area contributed by atoms with Gasteiger partial charge in [-0.1, -0.05) is 327 Å². The van der Waals surface area contributed by atoms with E-state index >= 15 is 0 Å². The van der Waals surface area contributed by atoms with Gasteiger partial charge in [0.05, 0.1) is 26.6 Å². The molecule has 0 fully saturated rings. The number of anilines is 6.